The van der Waals surface area contributed by atoms with Crippen LogP contribution in [-0.2, 0) is 6.42 Å². The molecule has 2 N–H and O–H groups in total. The maximum atomic E-state index is 5.35. The quantitative estimate of drug-likeness (QED) is 0.595. The van der Waals surface area contributed by atoms with E-state index >= 15 is 0 Å². The van der Waals surface area contributed by atoms with E-state index in [0.29, 0.717) is 5.41 Å². The topological polar surface area (TPSA) is 54.9 Å². The van der Waals surface area contributed by atoms with Crippen LogP contribution in [0.5, 0.6) is 11.5 Å². The Morgan fingerprint density at radius 1 is 1.12 bits per heavy atom. The lowest BCUT2D eigenvalue weighted by Gasteiger charge is -2.25. The molecule has 1 aliphatic carbocycles. The summed E-state index contributed by atoms with van der Waals surface area (Å²) in [6.45, 7) is 4.18. The van der Waals surface area contributed by atoms with Crippen molar-refractivity contribution in [2.24, 2.45) is 10.4 Å². The number of benzene rings is 1. The van der Waals surface area contributed by atoms with Gasteiger partial charge in [0.2, 0.25) is 0 Å². The summed E-state index contributed by atoms with van der Waals surface area (Å²) in [5, 5.41) is 6.87. The minimum Gasteiger partial charge on any atom is -0.493 e. The summed E-state index contributed by atoms with van der Waals surface area (Å²) < 4.78 is 10.6. The van der Waals surface area contributed by atoms with Crippen LogP contribution in [0.4, 0.5) is 0 Å². The number of nitrogens with one attached hydrogen (secondary N) is 2. The summed E-state index contributed by atoms with van der Waals surface area (Å²) >= 11 is 0. The van der Waals surface area contributed by atoms with Crippen LogP contribution in [0, 0.1) is 5.41 Å². The predicted octanol–water partition coefficient (Wildman–Crippen LogP) is 2.99. The molecule has 1 aromatic carbocycles. The summed E-state index contributed by atoms with van der Waals surface area (Å²) in [7, 11) is 5.14. The Balaban J connectivity index is 1.79. The highest BCUT2D eigenvalue weighted by Gasteiger charge is 2.28. The second kappa shape index (κ2) is 8.81. The maximum Gasteiger partial charge on any atom is 0.191 e. The van der Waals surface area contributed by atoms with Crippen LogP contribution in [0.3, 0.4) is 0 Å². The van der Waals surface area contributed by atoms with Crippen LogP contribution in [0.2, 0.25) is 0 Å². The Morgan fingerprint density at radius 3 is 2.46 bits per heavy atom. The minimum absolute atomic E-state index is 0.418. The average molecular weight is 333 g/mol. The van der Waals surface area contributed by atoms with Gasteiger partial charge in [-0.05, 0) is 42.4 Å². The molecule has 0 spiro atoms. The summed E-state index contributed by atoms with van der Waals surface area (Å²) in [6.07, 6.45) is 6.22. The Hall–Kier alpha value is -1.91. The van der Waals surface area contributed by atoms with Crippen LogP contribution < -0.4 is 20.1 Å². The number of rotatable bonds is 7. The largest absolute Gasteiger partial charge is 0.493 e. The molecule has 0 unspecified atom stereocenters. The first-order valence-corrected chi connectivity index (χ1v) is 8.75. The molecule has 1 saturated carbocycles. The molecule has 134 valence electrons. The summed E-state index contributed by atoms with van der Waals surface area (Å²) in [5.41, 5.74) is 1.62. The van der Waals surface area contributed by atoms with E-state index in [4.69, 9.17) is 9.47 Å². The van der Waals surface area contributed by atoms with E-state index < -0.39 is 0 Å². The zero-order valence-electron chi connectivity index (χ0n) is 15.4. The number of methoxy groups -OCH3 is 2. The van der Waals surface area contributed by atoms with Gasteiger partial charge in [-0.25, -0.2) is 0 Å². The third-order valence-electron chi connectivity index (χ3n) is 4.87. The molecule has 0 bridgehead atoms. The van der Waals surface area contributed by atoms with Crippen molar-refractivity contribution in [2.75, 3.05) is 34.4 Å². The molecule has 0 amide bonds. The number of hydrogen-bond acceptors (Lipinski definition) is 3. The van der Waals surface area contributed by atoms with E-state index in [9.17, 15) is 0 Å². The third kappa shape index (κ3) is 5.05. The second-order valence-corrected chi connectivity index (χ2v) is 6.81. The fraction of sp³-hybridized carbons (Fsp3) is 0.632. The first kappa shape index (κ1) is 18.4. The molecule has 1 aromatic rings. The van der Waals surface area contributed by atoms with Crippen molar-refractivity contribution in [1.82, 2.24) is 10.6 Å². The molecule has 1 aliphatic rings. The van der Waals surface area contributed by atoms with Gasteiger partial charge in [-0.3, -0.25) is 4.99 Å². The van der Waals surface area contributed by atoms with Gasteiger partial charge < -0.3 is 20.1 Å². The molecule has 1 fully saturated rings. The Labute approximate surface area is 145 Å². The van der Waals surface area contributed by atoms with Gasteiger partial charge in [-0.1, -0.05) is 25.8 Å². The Bertz CT molecular complexity index is 552. The van der Waals surface area contributed by atoms with Gasteiger partial charge >= 0.3 is 0 Å². The second-order valence-electron chi connectivity index (χ2n) is 6.81. The summed E-state index contributed by atoms with van der Waals surface area (Å²) in [6, 6.07) is 6.04. The van der Waals surface area contributed by atoms with Crippen LogP contribution in [0.1, 0.15) is 38.2 Å². The highest BCUT2D eigenvalue weighted by molar-refractivity contribution is 5.79. The monoisotopic (exact) mass is 333 g/mol. The summed E-state index contributed by atoms with van der Waals surface area (Å²) in [5.74, 6) is 2.41. The molecule has 0 atom stereocenters. The smallest absolute Gasteiger partial charge is 0.191 e. The van der Waals surface area contributed by atoms with E-state index in [1.807, 2.05) is 19.2 Å². The molecule has 5 heteroatoms. The Morgan fingerprint density at radius 2 is 1.83 bits per heavy atom. The molecule has 2 rings (SSSR count). The summed E-state index contributed by atoms with van der Waals surface area (Å²) in [4.78, 5) is 4.32. The fourth-order valence-electron chi connectivity index (χ4n) is 3.28. The van der Waals surface area contributed by atoms with Crippen LogP contribution >= 0.6 is 0 Å². The van der Waals surface area contributed by atoms with Gasteiger partial charge in [0.05, 0.1) is 14.2 Å². The van der Waals surface area contributed by atoms with Crippen LogP contribution in [0.25, 0.3) is 0 Å². The van der Waals surface area contributed by atoms with Crippen molar-refractivity contribution in [1.29, 1.82) is 0 Å². The fourth-order valence-corrected chi connectivity index (χ4v) is 3.28. The molecule has 0 aromatic heterocycles. The standard InChI is InChI=1S/C19H31N3O2/c1-19(10-5-6-11-19)14-22-18(20-2)21-12-9-15-7-8-16(23-3)17(13-15)24-4/h7-8,13H,5-6,9-12,14H2,1-4H3,(H2,20,21,22). The number of nitrogens with zero attached hydrogens (tertiary/aromatic N) is 1. The van der Waals surface area contributed by atoms with Crippen molar-refractivity contribution in [3.05, 3.63) is 23.8 Å². The van der Waals surface area contributed by atoms with Crippen molar-refractivity contribution < 1.29 is 9.47 Å². The molecule has 24 heavy (non-hydrogen) atoms. The Kier molecular flexibility index (Phi) is 6.76. The third-order valence-corrected chi connectivity index (χ3v) is 4.87. The molecular formula is C19H31N3O2. The minimum atomic E-state index is 0.418. The predicted molar refractivity (Wildman–Crippen MR) is 99.2 cm³/mol. The van der Waals surface area contributed by atoms with E-state index in [2.05, 4.69) is 28.6 Å². The first-order chi connectivity index (χ1) is 11.6. The van der Waals surface area contributed by atoms with Gasteiger partial charge in [0, 0.05) is 20.1 Å². The van der Waals surface area contributed by atoms with E-state index in [0.717, 1.165) is 37.0 Å². The number of guanidine groups is 1. The molecule has 5 nitrogen and oxygen atoms in total. The lowest BCUT2D eigenvalue weighted by atomic mass is 9.89. The number of ether oxygens (including phenoxy) is 2. The zero-order chi connectivity index (χ0) is 17.4. The maximum absolute atomic E-state index is 5.35. The van der Waals surface area contributed by atoms with Gasteiger partial charge in [0.1, 0.15) is 0 Å². The van der Waals surface area contributed by atoms with E-state index in [1.165, 1.54) is 31.2 Å². The van der Waals surface area contributed by atoms with Gasteiger partial charge in [-0.15, -0.1) is 0 Å². The highest BCUT2D eigenvalue weighted by Crippen LogP contribution is 2.36. The lowest BCUT2D eigenvalue weighted by Crippen LogP contribution is -2.42. The van der Waals surface area contributed by atoms with Crippen molar-refractivity contribution >= 4 is 5.96 Å². The molecule has 0 aliphatic heterocycles. The van der Waals surface area contributed by atoms with Crippen molar-refractivity contribution in [3.8, 4) is 11.5 Å². The van der Waals surface area contributed by atoms with Crippen molar-refractivity contribution in [3.63, 3.8) is 0 Å². The average Bonchev–Trinajstić information content (AvgIpc) is 3.04. The van der Waals surface area contributed by atoms with E-state index in [1.54, 1.807) is 14.2 Å². The van der Waals surface area contributed by atoms with Gasteiger partial charge in [0.15, 0.2) is 17.5 Å². The van der Waals surface area contributed by atoms with E-state index in [-0.39, 0.29) is 0 Å². The van der Waals surface area contributed by atoms with Gasteiger partial charge in [-0.2, -0.15) is 0 Å². The molecule has 0 radical (unpaired) electrons. The molecule has 0 saturated heterocycles. The SMILES string of the molecule is CN=C(NCCc1ccc(OC)c(OC)c1)NCC1(C)CCCC1. The zero-order valence-corrected chi connectivity index (χ0v) is 15.4. The van der Waals surface area contributed by atoms with Crippen molar-refractivity contribution in [2.45, 2.75) is 39.0 Å². The van der Waals surface area contributed by atoms with Crippen LogP contribution in [-0.4, -0.2) is 40.3 Å². The normalized spacial score (nSPS) is 16.8. The molecule has 0 heterocycles. The molecular weight excluding hydrogens is 302 g/mol. The highest BCUT2D eigenvalue weighted by atomic mass is 16.5. The van der Waals surface area contributed by atoms with Gasteiger partial charge in [0.25, 0.3) is 0 Å². The number of aliphatic imine (C=N–C) groups is 1. The first-order valence-electron chi connectivity index (χ1n) is 8.75. The van der Waals surface area contributed by atoms with Crippen LogP contribution in [0.15, 0.2) is 23.2 Å². The number of hydrogen-bond donors (Lipinski definition) is 2. The lowest BCUT2D eigenvalue weighted by molar-refractivity contribution is 0.334.